The number of para-hydroxylation sites is 1. The number of nitrogens with one attached hydrogen (secondary N) is 2. The smallest absolute Gasteiger partial charge is 0.266 e. The number of hydrogen-bond donors (Lipinski definition) is 2. The van der Waals surface area contributed by atoms with E-state index in [0.29, 0.717) is 22.7 Å². The Balaban J connectivity index is 1.77. The molecule has 0 unspecified atom stereocenters. The van der Waals surface area contributed by atoms with E-state index in [9.17, 15) is 14.9 Å². The van der Waals surface area contributed by atoms with E-state index in [1.54, 1.807) is 36.4 Å². The predicted octanol–water partition coefficient (Wildman–Crippen LogP) is 5.63. The monoisotopic (exact) mass is 503 g/mol. The predicted molar refractivity (Wildman–Crippen MR) is 133 cm³/mol. The highest BCUT2D eigenvalue weighted by Crippen LogP contribution is 2.26. The summed E-state index contributed by atoms with van der Waals surface area (Å²) >= 11 is 3.39. The van der Waals surface area contributed by atoms with Gasteiger partial charge in [-0.05, 0) is 67.4 Å². The largest absolute Gasteiger partial charge is 0.483 e. The molecule has 7 heteroatoms. The summed E-state index contributed by atoms with van der Waals surface area (Å²) in [6.45, 7) is 3.63. The van der Waals surface area contributed by atoms with Crippen molar-refractivity contribution in [3.05, 3.63) is 93.5 Å². The minimum absolute atomic E-state index is 0.0902. The summed E-state index contributed by atoms with van der Waals surface area (Å²) in [7, 11) is 0. The van der Waals surface area contributed by atoms with Gasteiger partial charge in [0.1, 0.15) is 17.4 Å². The second-order valence-electron chi connectivity index (χ2n) is 7.26. The molecule has 0 aliphatic carbocycles. The molecule has 0 radical (unpaired) electrons. The van der Waals surface area contributed by atoms with Gasteiger partial charge in [-0.15, -0.1) is 0 Å². The number of carbonyl (C=O) groups excluding carboxylic acids is 2. The van der Waals surface area contributed by atoms with Crippen molar-refractivity contribution < 1.29 is 14.3 Å². The molecule has 0 saturated heterocycles. The number of ether oxygens (including phenoxy) is 1. The fourth-order valence-corrected chi connectivity index (χ4v) is 3.38. The number of amides is 2. The summed E-state index contributed by atoms with van der Waals surface area (Å²) in [6, 6.07) is 21.7. The van der Waals surface area contributed by atoms with Crippen LogP contribution in [0.2, 0.25) is 0 Å². The van der Waals surface area contributed by atoms with E-state index >= 15 is 0 Å². The van der Waals surface area contributed by atoms with Crippen molar-refractivity contribution in [1.82, 2.24) is 0 Å². The third-order valence-corrected chi connectivity index (χ3v) is 5.40. The van der Waals surface area contributed by atoms with Gasteiger partial charge >= 0.3 is 0 Å². The fourth-order valence-electron chi connectivity index (χ4n) is 3.01. The van der Waals surface area contributed by atoms with Gasteiger partial charge in [0, 0.05) is 21.4 Å². The third kappa shape index (κ3) is 6.55. The number of nitrogens with zero attached hydrogens (tertiary/aromatic N) is 1. The highest BCUT2D eigenvalue weighted by Gasteiger charge is 2.14. The van der Waals surface area contributed by atoms with Crippen molar-refractivity contribution in [1.29, 1.82) is 5.26 Å². The van der Waals surface area contributed by atoms with Gasteiger partial charge in [-0.25, -0.2) is 0 Å². The van der Waals surface area contributed by atoms with Crippen LogP contribution in [0, 0.1) is 25.2 Å². The van der Waals surface area contributed by atoms with Crippen LogP contribution >= 0.6 is 15.9 Å². The maximum atomic E-state index is 12.8. The minimum atomic E-state index is -0.529. The van der Waals surface area contributed by atoms with E-state index in [1.807, 2.05) is 50.2 Å². The molecule has 0 spiro atoms. The van der Waals surface area contributed by atoms with Gasteiger partial charge in [0.25, 0.3) is 11.8 Å². The number of hydrogen-bond acceptors (Lipinski definition) is 4. The topological polar surface area (TPSA) is 91.2 Å². The van der Waals surface area contributed by atoms with Crippen LogP contribution in [0.5, 0.6) is 5.75 Å². The second-order valence-corrected chi connectivity index (χ2v) is 8.17. The first-order chi connectivity index (χ1) is 15.9. The summed E-state index contributed by atoms with van der Waals surface area (Å²) in [5.41, 5.74) is 3.67. The number of benzene rings is 3. The van der Waals surface area contributed by atoms with Crippen LogP contribution in [0.3, 0.4) is 0 Å². The van der Waals surface area contributed by atoms with E-state index in [-0.39, 0.29) is 18.1 Å². The molecule has 0 fully saturated rings. The summed E-state index contributed by atoms with van der Waals surface area (Å²) < 4.78 is 6.42. The van der Waals surface area contributed by atoms with Crippen LogP contribution in [0.15, 0.2) is 76.8 Å². The Kier molecular flexibility index (Phi) is 8.01. The molecular formula is C26H22BrN3O3. The quantitative estimate of drug-likeness (QED) is 0.322. The Bertz CT molecular complexity index is 1250. The van der Waals surface area contributed by atoms with Gasteiger partial charge in [0.05, 0.1) is 0 Å². The standard InChI is InChI=1S/C26H22BrN3O3/c1-17-7-6-10-23(18(17)2)30-26(32)20(15-28)13-19-14-21(27)11-12-24(19)33-16-25(31)29-22-8-4-3-5-9-22/h3-14H,16H2,1-2H3,(H,29,31)(H,30,32)/b20-13+. The van der Waals surface area contributed by atoms with Crippen LogP contribution in [-0.2, 0) is 9.59 Å². The van der Waals surface area contributed by atoms with Crippen molar-refractivity contribution in [3.8, 4) is 11.8 Å². The van der Waals surface area contributed by atoms with Crippen molar-refractivity contribution in [2.45, 2.75) is 13.8 Å². The molecule has 0 atom stereocenters. The van der Waals surface area contributed by atoms with Crippen molar-refractivity contribution in [2.24, 2.45) is 0 Å². The lowest BCUT2D eigenvalue weighted by atomic mass is 10.1. The molecule has 3 aromatic rings. The second kappa shape index (κ2) is 11.1. The zero-order valence-electron chi connectivity index (χ0n) is 18.2. The van der Waals surface area contributed by atoms with Crippen LogP contribution in [0.25, 0.3) is 6.08 Å². The molecule has 33 heavy (non-hydrogen) atoms. The molecule has 0 aromatic heterocycles. The molecule has 2 amide bonds. The van der Waals surface area contributed by atoms with Crippen molar-refractivity contribution >= 4 is 45.2 Å². The van der Waals surface area contributed by atoms with Crippen LogP contribution < -0.4 is 15.4 Å². The number of rotatable bonds is 7. The fraction of sp³-hybridized carbons (Fsp3) is 0.115. The van der Waals surface area contributed by atoms with Gasteiger partial charge in [-0.1, -0.05) is 46.3 Å². The molecule has 3 rings (SSSR count). The highest BCUT2D eigenvalue weighted by atomic mass is 79.9. The van der Waals surface area contributed by atoms with E-state index < -0.39 is 5.91 Å². The average molecular weight is 504 g/mol. The minimum Gasteiger partial charge on any atom is -0.483 e. The Hall–Kier alpha value is -3.89. The zero-order chi connectivity index (χ0) is 23.8. The molecule has 6 nitrogen and oxygen atoms in total. The molecular weight excluding hydrogens is 482 g/mol. The Labute approximate surface area is 201 Å². The summed E-state index contributed by atoms with van der Waals surface area (Å²) in [4.78, 5) is 25.0. The average Bonchev–Trinajstić information content (AvgIpc) is 2.80. The lowest BCUT2D eigenvalue weighted by Gasteiger charge is -2.12. The van der Waals surface area contributed by atoms with Crippen LogP contribution in [0.4, 0.5) is 11.4 Å². The molecule has 2 N–H and O–H groups in total. The number of halogens is 1. The Morgan fingerprint density at radius 1 is 1.03 bits per heavy atom. The Morgan fingerprint density at radius 2 is 1.79 bits per heavy atom. The number of anilines is 2. The molecule has 0 saturated carbocycles. The molecule has 0 heterocycles. The number of nitriles is 1. The van der Waals surface area contributed by atoms with E-state index in [4.69, 9.17) is 4.74 Å². The summed E-state index contributed by atoms with van der Waals surface area (Å²) in [5, 5.41) is 15.1. The molecule has 0 bridgehead atoms. The molecule has 166 valence electrons. The van der Waals surface area contributed by atoms with Gasteiger partial charge in [0.2, 0.25) is 0 Å². The first kappa shape index (κ1) is 23.8. The van der Waals surface area contributed by atoms with E-state index in [1.165, 1.54) is 6.08 Å². The SMILES string of the molecule is Cc1cccc(NC(=O)/C(C#N)=C/c2cc(Br)ccc2OCC(=O)Nc2ccccc2)c1C. The maximum absolute atomic E-state index is 12.8. The number of carbonyl (C=O) groups is 2. The molecule has 0 aliphatic rings. The summed E-state index contributed by atoms with van der Waals surface area (Å²) in [5.74, 6) is -0.486. The van der Waals surface area contributed by atoms with Crippen molar-refractivity contribution in [3.63, 3.8) is 0 Å². The van der Waals surface area contributed by atoms with E-state index in [0.717, 1.165) is 15.6 Å². The first-order valence-electron chi connectivity index (χ1n) is 10.1. The van der Waals surface area contributed by atoms with Gasteiger partial charge in [-0.2, -0.15) is 5.26 Å². The molecule has 0 aliphatic heterocycles. The Morgan fingerprint density at radius 3 is 2.52 bits per heavy atom. The molecule has 3 aromatic carbocycles. The van der Waals surface area contributed by atoms with Crippen molar-refractivity contribution in [2.75, 3.05) is 17.2 Å². The normalized spacial score (nSPS) is 10.8. The van der Waals surface area contributed by atoms with Crippen LogP contribution in [0.1, 0.15) is 16.7 Å². The zero-order valence-corrected chi connectivity index (χ0v) is 19.8. The lowest BCUT2D eigenvalue weighted by molar-refractivity contribution is -0.118. The third-order valence-electron chi connectivity index (χ3n) is 4.91. The highest BCUT2D eigenvalue weighted by molar-refractivity contribution is 9.10. The van der Waals surface area contributed by atoms with Crippen LogP contribution in [-0.4, -0.2) is 18.4 Å². The van der Waals surface area contributed by atoms with E-state index in [2.05, 4.69) is 26.6 Å². The maximum Gasteiger partial charge on any atom is 0.266 e. The lowest BCUT2D eigenvalue weighted by Crippen LogP contribution is -2.20. The summed E-state index contributed by atoms with van der Waals surface area (Å²) in [6.07, 6.45) is 1.44. The van der Waals surface area contributed by atoms with Gasteiger partial charge < -0.3 is 15.4 Å². The number of aryl methyl sites for hydroxylation is 1. The van der Waals surface area contributed by atoms with Gasteiger partial charge in [-0.3, -0.25) is 9.59 Å². The first-order valence-corrected chi connectivity index (χ1v) is 10.9. The van der Waals surface area contributed by atoms with Gasteiger partial charge in [0.15, 0.2) is 6.61 Å².